The summed E-state index contributed by atoms with van der Waals surface area (Å²) in [6, 6.07) is 0.237. The van der Waals surface area contributed by atoms with E-state index in [1.54, 1.807) is 5.38 Å². The SMILES string of the molecule is CCO[C@H]1C[C@H](NC(=O)c2csnn2)C12CCCC2. The van der Waals surface area contributed by atoms with Crippen LogP contribution in [0.1, 0.15) is 49.5 Å². The monoisotopic (exact) mass is 281 g/mol. The first-order valence-corrected chi connectivity index (χ1v) is 7.79. The number of carbonyl (C=O) groups excluding carboxylic acids is 1. The highest BCUT2D eigenvalue weighted by Crippen LogP contribution is 2.54. The van der Waals surface area contributed by atoms with E-state index in [0.717, 1.165) is 25.9 Å². The molecule has 0 saturated heterocycles. The second-order valence-corrected chi connectivity index (χ2v) is 6.05. The normalized spacial score (nSPS) is 28.3. The van der Waals surface area contributed by atoms with Gasteiger partial charge < -0.3 is 10.1 Å². The Labute approximate surface area is 116 Å². The van der Waals surface area contributed by atoms with E-state index in [0.29, 0.717) is 11.8 Å². The van der Waals surface area contributed by atoms with Crippen LogP contribution >= 0.6 is 11.5 Å². The standard InChI is InChI=1S/C13H19N3O2S/c1-2-18-11-7-10(13(11)5-3-4-6-13)14-12(17)9-8-19-16-15-9/h8,10-11H,2-7H2,1H3,(H,14,17)/t10-,11-/m0/s1. The van der Waals surface area contributed by atoms with Crippen LogP contribution in [-0.4, -0.2) is 34.2 Å². The number of amides is 1. The summed E-state index contributed by atoms with van der Waals surface area (Å²) < 4.78 is 9.57. The number of ether oxygens (including phenoxy) is 1. The van der Waals surface area contributed by atoms with Crippen molar-refractivity contribution < 1.29 is 9.53 Å². The Hall–Kier alpha value is -1.01. The van der Waals surface area contributed by atoms with E-state index in [2.05, 4.69) is 14.9 Å². The molecule has 1 aromatic heterocycles. The maximum atomic E-state index is 12.1. The highest BCUT2D eigenvalue weighted by atomic mass is 32.1. The van der Waals surface area contributed by atoms with Crippen molar-refractivity contribution in [3.05, 3.63) is 11.1 Å². The summed E-state index contributed by atoms with van der Waals surface area (Å²) in [5.74, 6) is -0.0972. The molecule has 0 bridgehead atoms. The quantitative estimate of drug-likeness (QED) is 0.917. The number of aromatic nitrogens is 2. The first-order chi connectivity index (χ1) is 9.26. The Morgan fingerprint density at radius 1 is 1.58 bits per heavy atom. The van der Waals surface area contributed by atoms with Gasteiger partial charge in [0, 0.05) is 23.4 Å². The van der Waals surface area contributed by atoms with E-state index < -0.39 is 0 Å². The van der Waals surface area contributed by atoms with Crippen LogP contribution in [0.3, 0.4) is 0 Å². The number of nitrogens with one attached hydrogen (secondary N) is 1. The summed E-state index contributed by atoms with van der Waals surface area (Å²) in [7, 11) is 0. The van der Waals surface area contributed by atoms with Crippen molar-refractivity contribution in [2.75, 3.05) is 6.61 Å². The van der Waals surface area contributed by atoms with Gasteiger partial charge in [-0.2, -0.15) is 0 Å². The van der Waals surface area contributed by atoms with Crippen molar-refractivity contribution in [3.8, 4) is 0 Å². The second-order valence-electron chi connectivity index (χ2n) is 5.44. The molecule has 2 aliphatic carbocycles. The van der Waals surface area contributed by atoms with Crippen LogP contribution in [-0.2, 0) is 4.74 Å². The van der Waals surface area contributed by atoms with Crippen molar-refractivity contribution in [2.45, 2.75) is 51.2 Å². The fourth-order valence-electron chi connectivity index (χ4n) is 3.58. The lowest BCUT2D eigenvalue weighted by Crippen LogP contribution is -2.63. The molecule has 2 saturated carbocycles. The molecule has 104 valence electrons. The minimum atomic E-state index is -0.0972. The molecule has 3 rings (SSSR count). The fraction of sp³-hybridized carbons (Fsp3) is 0.769. The third-order valence-electron chi connectivity index (χ3n) is 4.59. The predicted molar refractivity (Wildman–Crippen MR) is 72.1 cm³/mol. The summed E-state index contributed by atoms with van der Waals surface area (Å²) in [5, 5.41) is 8.64. The molecule has 1 amide bonds. The molecule has 6 heteroatoms. The first-order valence-electron chi connectivity index (χ1n) is 6.96. The second kappa shape index (κ2) is 5.17. The van der Waals surface area contributed by atoms with E-state index in [1.165, 1.54) is 24.4 Å². The molecular weight excluding hydrogens is 262 g/mol. The summed E-state index contributed by atoms with van der Waals surface area (Å²) >= 11 is 1.21. The van der Waals surface area contributed by atoms with Gasteiger partial charge in [0.1, 0.15) is 0 Å². The van der Waals surface area contributed by atoms with Crippen molar-refractivity contribution in [2.24, 2.45) is 5.41 Å². The van der Waals surface area contributed by atoms with Gasteiger partial charge in [0.15, 0.2) is 5.69 Å². The van der Waals surface area contributed by atoms with Gasteiger partial charge in [0.05, 0.1) is 6.10 Å². The lowest BCUT2D eigenvalue weighted by molar-refractivity contribution is -0.127. The smallest absolute Gasteiger partial charge is 0.272 e. The van der Waals surface area contributed by atoms with Crippen LogP contribution in [0, 0.1) is 5.41 Å². The van der Waals surface area contributed by atoms with Crippen LogP contribution in [0.5, 0.6) is 0 Å². The van der Waals surface area contributed by atoms with Gasteiger partial charge in [0.2, 0.25) is 0 Å². The molecule has 1 spiro atoms. The summed E-state index contributed by atoms with van der Waals surface area (Å²) in [4.78, 5) is 12.1. The molecule has 19 heavy (non-hydrogen) atoms. The molecule has 1 aromatic rings. The van der Waals surface area contributed by atoms with Gasteiger partial charge >= 0.3 is 0 Å². The average Bonchev–Trinajstić information content (AvgIpc) is 3.09. The maximum absolute atomic E-state index is 12.1. The number of nitrogens with zero attached hydrogens (tertiary/aromatic N) is 2. The molecule has 2 atom stereocenters. The molecule has 2 fully saturated rings. The Kier molecular flexibility index (Phi) is 3.54. The third kappa shape index (κ3) is 2.17. The number of hydrogen-bond acceptors (Lipinski definition) is 5. The minimum absolute atomic E-state index is 0.0972. The zero-order chi connectivity index (χ0) is 13.3. The minimum Gasteiger partial charge on any atom is -0.378 e. The molecule has 2 aliphatic rings. The van der Waals surface area contributed by atoms with Gasteiger partial charge in [-0.1, -0.05) is 17.3 Å². The third-order valence-corrected chi connectivity index (χ3v) is 5.09. The molecular formula is C13H19N3O2S. The van der Waals surface area contributed by atoms with E-state index >= 15 is 0 Å². The molecule has 0 unspecified atom stereocenters. The maximum Gasteiger partial charge on any atom is 0.272 e. The number of carbonyl (C=O) groups is 1. The lowest BCUT2D eigenvalue weighted by Gasteiger charge is -2.53. The van der Waals surface area contributed by atoms with E-state index in [1.807, 2.05) is 6.92 Å². The Morgan fingerprint density at radius 3 is 3.00 bits per heavy atom. The summed E-state index contributed by atoms with van der Waals surface area (Å²) in [6.07, 6.45) is 6.06. The fourth-order valence-corrected chi connectivity index (χ4v) is 4.02. The highest BCUT2D eigenvalue weighted by Gasteiger charge is 2.57. The molecule has 5 nitrogen and oxygen atoms in total. The summed E-state index contributed by atoms with van der Waals surface area (Å²) in [6.45, 7) is 2.79. The van der Waals surface area contributed by atoms with Crippen molar-refractivity contribution in [1.82, 2.24) is 14.9 Å². The van der Waals surface area contributed by atoms with Gasteiger partial charge in [-0.05, 0) is 37.7 Å². The zero-order valence-corrected chi connectivity index (χ0v) is 11.9. The highest BCUT2D eigenvalue weighted by molar-refractivity contribution is 7.03. The van der Waals surface area contributed by atoms with Crippen LogP contribution in [0.2, 0.25) is 0 Å². The Balaban J connectivity index is 1.67. The number of hydrogen-bond donors (Lipinski definition) is 1. The van der Waals surface area contributed by atoms with Gasteiger partial charge in [-0.3, -0.25) is 4.79 Å². The Bertz CT molecular complexity index is 443. The molecule has 1 heterocycles. The molecule has 0 aromatic carbocycles. The largest absolute Gasteiger partial charge is 0.378 e. The van der Waals surface area contributed by atoms with Crippen LogP contribution in [0.15, 0.2) is 5.38 Å². The molecule has 0 aliphatic heterocycles. The van der Waals surface area contributed by atoms with E-state index in [4.69, 9.17) is 4.74 Å². The van der Waals surface area contributed by atoms with Crippen molar-refractivity contribution >= 4 is 17.4 Å². The van der Waals surface area contributed by atoms with Gasteiger partial charge in [0.25, 0.3) is 5.91 Å². The van der Waals surface area contributed by atoms with Crippen molar-refractivity contribution in [3.63, 3.8) is 0 Å². The number of rotatable bonds is 4. The van der Waals surface area contributed by atoms with Gasteiger partial charge in [-0.25, -0.2) is 0 Å². The van der Waals surface area contributed by atoms with E-state index in [-0.39, 0.29) is 17.4 Å². The molecule has 1 N–H and O–H groups in total. The topological polar surface area (TPSA) is 64.1 Å². The Morgan fingerprint density at radius 2 is 2.37 bits per heavy atom. The first kappa shape index (κ1) is 13.0. The predicted octanol–water partition coefficient (Wildman–Crippen LogP) is 2.01. The summed E-state index contributed by atoms with van der Waals surface area (Å²) in [5.41, 5.74) is 0.604. The van der Waals surface area contributed by atoms with Gasteiger partial charge in [-0.15, -0.1) is 5.10 Å². The van der Waals surface area contributed by atoms with Crippen molar-refractivity contribution in [1.29, 1.82) is 0 Å². The van der Waals surface area contributed by atoms with Crippen LogP contribution in [0.4, 0.5) is 0 Å². The van der Waals surface area contributed by atoms with E-state index in [9.17, 15) is 4.79 Å². The average molecular weight is 281 g/mol. The lowest BCUT2D eigenvalue weighted by atomic mass is 9.60. The van der Waals surface area contributed by atoms with Crippen LogP contribution < -0.4 is 5.32 Å². The van der Waals surface area contributed by atoms with Crippen LogP contribution in [0.25, 0.3) is 0 Å². The zero-order valence-electron chi connectivity index (χ0n) is 11.1. The molecule has 0 radical (unpaired) electrons.